The van der Waals surface area contributed by atoms with Gasteiger partial charge in [-0.2, -0.15) is 0 Å². The van der Waals surface area contributed by atoms with Crippen LogP contribution in [0.1, 0.15) is 55.7 Å². The zero-order chi connectivity index (χ0) is 11.0. The van der Waals surface area contributed by atoms with E-state index >= 15 is 0 Å². The molecule has 16 heavy (non-hydrogen) atoms. The lowest BCUT2D eigenvalue weighted by atomic mass is 9.75. The van der Waals surface area contributed by atoms with Crippen LogP contribution in [0.15, 0.2) is 18.3 Å². The number of aromatic nitrogens is 1. The van der Waals surface area contributed by atoms with Crippen molar-refractivity contribution in [3.05, 3.63) is 29.6 Å². The molecule has 1 aromatic rings. The Labute approximate surface area is 96.7 Å². The van der Waals surface area contributed by atoms with E-state index in [4.69, 9.17) is 0 Å². The van der Waals surface area contributed by atoms with Gasteiger partial charge in [0.15, 0.2) is 0 Å². The maximum Gasteiger partial charge on any atom is 0.0731 e. The number of aliphatic hydroxyl groups is 1. The van der Waals surface area contributed by atoms with Gasteiger partial charge in [0, 0.05) is 17.8 Å². The zero-order valence-corrected chi connectivity index (χ0v) is 9.65. The van der Waals surface area contributed by atoms with E-state index < -0.39 is 5.60 Å². The Hall–Kier alpha value is -0.890. The minimum atomic E-state index is -0.455. The molecule has 1 N–H and O–H groups in total. The van der Waals surface area contributed by atoms with Crippen LogP contribution in [0.3, 0.4) is 0 Å². The third-order valence-corrected chi connectivity index (χ3v) is 4.31. The fraction of sp³-hybridized carbons (Fsp3) is 0.643. The Morgan fingerprint density at radius 3 is 2.88 bits per heavy atom. The van der Waals surface area contributed by atoms with Crippen molar-refractivity contribution in [1.82, 2.24) is 4.98 Å². The van der Waals surface area contributed by atoms with E-state index in [0.717, 1.165) is 25.7 Å². The van der Waals surface area contributed by atoms with Crippen molar-refractivity contribution in [2.24, 2.45) is 0 Å². The zero-order valence-electron chi connectivity index (χ0n) is 9.65. The van der Waals surface area contributed by atoms with Gasteiger partial charge in [-0.25, -0.2) is 0 Å². The largest absolute Gasteiger partial charge is 0.389 e. The number of rotatable bonds is 1. The molecule has 0 aliphatic heterocycles. The average molecular weight is 217 g/mol. The summed E-state index contributed by atoms with van der Waals surface area (Å²) in [5.41, 5.74) is 2.08. The van der Waals surface area contributed by atoms with Crippen molar-refractivity contribution in [1.29, 1.82) is 0 Å². The van der Waals surface area contributed by atoms with Crippen LogP contribution in [0, 0.1) is 0 Å². The molecular formula is C14H19NO. The van der Waals surface area contributed by atoms with Crippen LogP contribution in [0.4, 0.5) is 0 Å². The van der Waals surface area contributed by atoms with Crippen LogP contribution in [-0.4, -0.2) is 15.7 Å². The summed E-state index contributed by atoms with van der Waals surface area (Å²) in [4.78, 5) is 4.53. The standard InChI is InChI=1S/C14H19NO/c16-14(8-1-2-9-14)12-7-3-5-11-6-4-10-15-13(11)12/h4,6,10,12,16H,1-3,5,7-9H2. The lowest BCUT2D eigenvalue weighted by Gasteiger charge is -2.36. The molecule has 1 unspecified atom stereocenters. The fourth-order valence-corrected chi connectivity index (χ4v) is 3.47. The lowest BCUT2D eigenvalue weighted by molar-refractivity contribution is 0.0116. The predicted molar refractivity (Wildman–Crippen MR) is 63.3 cm³/mol. The van der Waals surface area contributed by atoms with E-state index in [1.807, 2.05) is 12.3 Å². The number of aryl methyl sites for hydroxylation is 1. The van der Waals surface area contributed by atoms with Gasteiger partial charge in [0.2, 0.25) is 0 Å². The van der Waals surface area contributed by atoms with Gasteiger partial charge in [0.1, 0.15) is 0 Å². The van der Waals surface area contributed by atoms with Crippen molar-refractivity contribution >= 4 is 0 Å². The maximum atomic E-state index is 10.7. The van der Waals surface area contributed by atoms with Crippen LogP contribution in [0.5, 0.6) is 0 Å². The molecule has 86 valence electrons. The average Bonchev–Trinajstić information content (AvgIpc) is 2.77. The van der Waals surface area contributed by atoms with Crippen molar-refractivity contribution in [3.8, 4) is 0 Å². The topological polar surface area (TPSA) is 33.1 Å². The summed E-state index contributed by atoms with van der Waals surface area (Å²) in [5, 5.41) is 10.7. The van der Waals surface area contributed by atoms with Crippen LogP contribution in [0.25, 0.3) is 0 Å². The number of hydrogen-bond acceptors (Lipinski definition) is 2. The van der Waals surface area contributed by atoms with Gasteiger partial charge in [-0.05, 0) is 43.7 Å². The summed E-state index contributed by atoms with van der Waals surface area (Å²) >= 11 is 0. The molecule has 1 fully saturated rings. The summed E-state index contributed by atoms with van der Waals surface area (Å²) < 4.78 is 0. The number of fused-ring (bicyclic) bond motifs is 1. The molecule has 0 aromatic carbocycles. The summed E-state index contributed by atoms with van der Waals surface area (Å²) in [5.74, 6) is 0.292. The van der Waals surface area contributed by atoms with Crippen molar-refractivity contribution in [2.75, 3.05) is 0 Å². The minimum Gasteiger partial charge on any atom is -0.389 e. The molecule has 0 amide bonds. The molecular weight excluding hydrogens is 198 g/mol. The number of hydrogen-bond donors (Lipinski definition) is 1. The summed E-state index contributed by atoms with van der Waals surface area (Å²) in [6.45, 7) is 0. The summed E-state index contributed by atoms with van der Waals surface area (Å²) in [6.07, 6.45) is 9.60. The second-order valence-electron chi connectivity index (χ2n) is 5.30. The van der Waals surface area contributed by atoms with Crippen LogP contribution >= 0.6 is 0 Å². The smallest absolute Gasteiger partial charge is 0.0731 e. The third-order valence-electron chi connectivity index (χ3n) is 4.31. The first kappa shape index (κ1) is 10.3. The molecule has 0 bridgehead atoms. The molecule has 1 saturated carbocycles. The molecule has 3 rings (SSSR count). The predicted octanol–water partition coefficient (Wildman–Crippen LogP) is 2.81. The molecule has 1 aromatic heterocycles. The SMILES string of the molecule is OC1(C2CCCc3cccnc32)CCCC1. The van der Waals surface area contributed by atoms with E-state index in [1.165, 1.54) is 30.5 Å². The number of pyridine rings is 1. The van der Waals surface area contributed by atoms with Gasteiger partial charge >= 0.3 is 0 Å². The fourth-order valence-electron chi connectivity index (χ4n) is 3.47. The van der Waals surface area contributed by atoms with Crippen molar-refractivity contribution < 1.29 is 5.11 Å². The normalized spacial score (nSPS) is 27.7. The van der Waals surface area contributed by atoms with Gasteiger partial charge < -0.3 is 5.11 Å². The van der Waals surface area contributed by atoms with E-state index in [0.29, 0.717) is 5.92 Å². The monoisotopic (exact) mass is 217 g/mol. The Morgan fingerprint density at radius 2 is 2.06 bits per heavy atom. The highest BCUT2D eigenvalue weighted by atomic mass is 16.3. The van der Waals surface area contributed by atoms with E-state index in [2.05, 4.69) is 11.1 Å². The molecule has 0 saturated heterocycles. The highest BCUT2D eigenvalue weighted by molar-refractivity contribution is 5.28. The highest BCUT2D eigenvalue weighted by Gasteiger charge is 2.42. The van der Waals surface area contributed by atoms with Crippen LogP contribution in [-0.2, 0) is 6.42 Å². The highest BCUT2D eigenvalue weighted by Crippen LogP contribution is 2.45. The first-order valence-corrected chi connectivity index (χ1v) is 6.46. The number of nitrogens with zero attached hydrogens (tertiary/aromatic N) is 1. The third kappa shape index (κ3) is 1.56. The van der Waals surface area contributed by atoms with Gasteiger partial charge in [-0.3, -0.25) is 4.98 Å². The van der Waals surface area contributed by atoms with E-state index in [-0.39, 0.29) is 0 Å². The van der Waals surface area contributed by atoms with Crippen molar-refractivity contribution in [2.45, 2.75) is 56.5 Å². The van der Waals surface area contributed by atoms with Crippen LogP contribution < -0.4 is 0 Å². The second-order valence-corrected chi connectivity index (χ2v) is 5.30. The molecule has 0 spiro atoms. The molecule has 2 aliphatic carbocycles. The maximum absolute atomic E-state index is 10.7. The summed E-state index contributed by atoms with van der Waals surface area (Å²) in [7, 11) is 0. The lowest BCUT2D eigenvalue weighted by Crippen LogP contribution is -2.35. The first-order chi connectivity index (χ1) is 7.80. The summed E-state index contributed by atoms with van der Waals surface area (Å²) in [6, 6.07) is 4.19. The van der Waals surface area contributed by atoms with Crippen molar-refractivity contribution in [3.63, 3.8) is 0 Å². The molecule has 2 nitrogen and oxygen atoms in total. The molecule has 0 radical (unpaired) electrons. The van der Waals surface area contributed by atoms with Gasteiger partial charge in [0.25, 0.3) is 0 Å². The Bertz CT molecular complexity index is 382. The van der Waals surface area contributed by atoms with Gasteiger partial charge in [0.05, 0.1) is 5.60 Å². The van der Waals surface area contributed by atoms with E-state index in [9.17, 15) is 5.11 Å². The first-order valence-electron chi connectivity index (χ1n) is 6.46. The molecule has 2 aliphatic rings. The Kier molecular flexibility index (Phi) is 2.47. The van der Waals surface area contributed by atoms with E-state index in [1.54, 1.807) is 0 Å². The molecule has 2 heteroatoms. The molecule has 1 atom stereocenters. The Balaban J connectivity index is 1.98. The molecule has 1 heterocycles. The second kappa shape index (κ2) is 3.85. The van der Waals surface area contributed by atoms with Crippen LogP contribution in [0.2, 0.25) is 0 Å². The quantitative estimate of drug-likeness (QED) is 0.784. The minimum absolute atomic E-state index is 0.292. The Morgan fingerprint density at radius 1 is 1.25 bits per heavy atom. The van der Waals surface area contributed by atoms with Gasteiger partial charge in [-0.15, -0.1) is 0 Å². The van der Waals surface area contributed by atoms with Gasteiger partial charge in [-0.1, -0.05) is 18.9 Å².